The highest BCUT2D eigenvalue weighted by atomic mass is 16.6. The van der Waals surface area contributed by atoms with Crippen molar-refractivity contribution in [2.75, 3.05) is 12.4 Å². The molecule has 1 atom stereocenters. The fraction of sp³-hybridized carbons (Fsp3) is 0.250. The van der Waals surface area contributed by atoms with Gasteiger partial charge in [0.15, 0.2) is 0 Å². The predicted molar refractivity (Wildman–Crippen MR) is 99.7 cm³/mol. The van der Waals surface area contributed by atoms with Crippen LogP contribution in [0.1, 0.15) is 24.5 Å². The highest BCUT2D eigenvalue weighted by Crippen LogP contribution is 2.20. The van der Waals surface area contributed by atoms with E-state index in [1.54, 1.807) is 24.1 Å². The Hall–Kier alpha value is -3.15. The van der Waals surface area contributed by atoms with E-state index in [0.29, 0.717) is 13.0 Å². The second-order valence-corrected chi connectivity index (χ2v) is 6.27. The summed E-state index contributed by atoms with van der Waals surface area (Å²) >= 11 is 0. The van der Waals surface area contributed by atoms with Crippen molar-refractivity contribution in [2.24, 2.45) is 5.16 Å². The molecule has 6 nitrogen and oxygen atoms in total. The van der Waals surface area contributed by atoms with Gasteiger partial charge in [0.2, 0.25) is 12.0 Å². The largest absolute Gasteiger partial charge is 0.382 e. The molecule has 2 amide bonds. The van der Waals surface area contributed by atoms with E-state index in [4.69, 9.17) is 4.84 Å². The van der Waals surface area contributed by atoms with Gasteiger partial charge in [-0.25, -0.2) is 0 Å². The quantitative estimate of drug-likeness (QED) is 0.900. The van der Waals surface area contributed by atoms with Crippen LogP contribution in [0, 0.1) is 0 Å². The standard InChI is InChI=1S/C20H21N3O3/c1-14(24)21-17-10-8-16(9-11-17)18-12-19(26-22-18)20(25)23(2)13-15-6-4-3-5-7-15/h3-11,19H,12-13H2,1-2H3,(H,21,24). The van der Waals surface area contributed by atoms with Crippen molar-refractivity contribution in [1.82, 2.24) is 4.90 Å². The number of hydrogen-bond acceptors (Lipinski definition) is 4. The van der Waals surface area contributed by atoms with Gasteiger partial charge in [-0.3, -0.25) is 9.59 Å². The zero-order valence-electron chi connectivity index (χ0n) is 14.8. The maximum absolute atomic E-state index is 12.6. The minimum atomic E-state index is -0.603. The van der Waals surface area contributed by atoms with Crippen LogP contribution < -0.4 is 5.32 Å². The molecule has 0 radical (unpaired) electrons. The maximum Gasteiger partial charge on any atom is 0.266 e. The summed E-state index contributed by atoms with van der Waals surface area (Å²) in [6.07, 6.45) is -0.175. The van der Waals surface area contributed by atoms with Crippen molar-refractivity contribution < 1.29 is 14.4 Å². The van der Waals surface area contributed by atoms with Crippen molar-refractivity contribution in [3.05, 3.63) is 65.7 Å². The molecule has 1 aliphatic rings. The van der Waals surface area contributed by atoms with Gasteiger partial charge in [0.1, 0.15) is 0 Å². The summed E-state index contributed by atoms with van der Waals surface area (Å²) in [4.78, 5) is 30.7. The number of amides is 2. The van der Waals surface area contributed by atoms with Crippen LogP contribution in [0.5, 0.6) is 0 Å². The van der Waals surface area contributed by atoms with Gasteiger partial charge >= 0.3 is 0 Å². The third kappa shape index (κ3) is 4.27. The van der Waals surface area contributed by atoms with E-state index in [0.717, 1.165) is 22.5 Å². The van der Waals surface area contributed by atoms with Gasteiger partial charge in [-0.15, -0.1) is 0 Å². The Kier molecular flexibility index (Phi) is 5.31. The topological polar surface area (TPSA) is 71.0 Å². The van der Waals surface area contributed by atoms with Gasteiger partial charge in [-0.2, -0.15) is 0 Å². The summed E-state index contributed by atoms with van der Waals surface area (Å²) in [6, 6.07) is 17.1. The lowest BCUT2D eigenvalue weighted by molar-refractivity contribution is -0.141. The van der Waals surface area contributed by atoms with E-state index in [1.165, 1.54) is 6.92 Å². The number of nitrogens with zero attached hydrogens (tertiary/aromatic N) is 2. The summed E-state index contributed by atoms with van der Waals surface area (Å²) in [5.74, 6) is -0.214. The fourth-order valence-corrected chi connectivity index (χ4v) is 2.81. The molecule has 1 aliphatic heterocycles. The van der Waals surface area contributed by atoms with Crippen LogP contribution in [0.4, 0.5) is 5.69 Å². The fourth-order valence-electron chi connectivity index (χ4n) is 2.81. The molecular formula is C20H21N3O3. The molecule has 1 N–H and O–H groups in total. The molecule has 0 fully saturated rings. The number of hydrogen-bond donors (Lipinski definition) is 1. The summed E-state index contributed by atoms with van der Waals surface area (Å²) in [5, 5.41) is 6.79. The Morgan fingerprint density at radius 2 is 1.85 bits per heavy atom. The van der Waals surface area contributed by atoms with E-state index in [2.05, 4.69) is 10.5 Å². The van der Waals surface area contributed by atoms with Gasteiger partial charge in [0.05, 0.1) is 5.71 Å². The average Bonchev–Trinajstić information content (AvgIpc) is 3.12. The maximum atomic E-state index is 12.6. The van der Waals surface area contributed by atoms with Crippen molar-refractivity contribution in [3.8, 4) is 0 Å². The lowest BCUT2D eigenvalue weighted by Crippen LogP contribution is -2.36. The summed E-state index contributed by atoms with van der Waals surface area (Å²) in [6.45, 7) is 1.99. The van der Waals surface area contributed by atoms with Gasteiger partial charge in [-0.1, -0.05) is 47.6 Å². The average molecular weight is 351 g/mol. The van der Waals surface area contributed by atoms with Crippen LogP contribution in [-0.4, -0.2) is 35.6 Å². The molecule has 1 unspecified atom stereocenters. The van der Waals surface area contributed by atoms with Crippen LogP contribution in [0.2, 0.25) is 0 Å². The first-order chi connectivity index (χ1) is 12.5. The minimum Gasteiger partial charge on any atom is -0.382 e. The first-order valence-corrected chi connectivity index (χ1v) is 8.42. The number of likely N-dealkylation sites (N-methyl/N-ethyl adjacent to an activating group) is 1. The summed E-state index contributed by atoms with van der Waals surface area (Å²) in [7, 11) is 1.76. The zero-order valence-corrected chi connectivity index (χ0v) is 14.8. The minimum absolute atomic E-state index is 0.0949. The number of oxime groups is 1. The van der Waals surface area contributed by atoms with Gasteiger partial charge in [0, 0.05) is 32.6 Å². The van der Waals surface area contributed by atoms with Gasteiger partial charge in [-0.05, 0) is 23.3 Å². The van der Waals surface area contributed by atoms with Gasteiger partial charge in [0.25, 0.3) is 5.91 Å². The van der Waals surface area contributed by atoms with E-state index >= 15 is 0 Å². The number of carbonyl (C=O) groups excluding carboxylic acids is 2. The Balaban J connectivity index is 1.58. The molecule has 0 spiro atoms. The smallest absolute Gasteiger partial charge is 0.266 e. The van der Waals surface area contributed by atoms with Crippen molar-refractivity contribution in [3.63, 3.8) is 0 Å². The first-order valence-electron chi connectivity index (χ1n) is 8.42. The number of carbonyl (C=O) groups is 2. The van der Waals surface area contributed by atoms with Crippen LogP contribution in [0.15, 0.2) is 59.8 Å². The lowest BCUT2D eigenvalue weighted by atomic mass is 10.0. The molecule has 6 heteroatoms. The highest BCUT2D eigenvalue weighted by molar-refractivity contribution is 6.04. The second kappa shape index (κ2) is 7.82. The van der Waals surface area contributed by atoms with E-state index < -0.39 is 6.10 Å². The molecule has 1 heterocycles. The Morgan fingerprint density at radius 1 is 1.15 bits per heavy atom. The highest BCUT2D eigenvalue weighted by Gasteiger charge is 2.31. The molecule has 0 aromatic heterocycles. The van der Waals surface area contributed by atoms with E-state index in [1.807, 2.05) is 42.5 Å². The SMILES string of the molecule is CC(=O)Nc1ccc(C2=NOC(C(=O)N(C)Cc3ccccc3)C2)cc1. The van der Waals surface area contributed by atoms with E-state index in [9.17, 15) is 9.59 Å². The Bertz CT molecular complexity index is 816. The molecular weight excluding hydrogens is 330 g/mol. The molecule has 2 aromatic carbocycles. The summed E-state index contributed by atoms with van der Waals surface area (Å²) in [5.41, 5.74) is 3.39. The van der Waals surface area contributed by atoms with Crippen LogP contribution in [0.3, 0.4) is 0 Å². The number of rotatable bonds is 5. The molecule has 3 rings (SSSR count). The third-order valence-electron chi connectivity index (χ3n) is 4.12. The number of nitrogens with one attached hydrogen (secondary N) is 1. The third-order valence-corrected chi connectivity index (χ3v) is 4.12. The van der Waals surface area contributed by atoms with Crippen LogP contribution in [0.25, 0.3) is 0 Å². The van der Waals surface area contributed by atoms with Gasteiger partial charge < -0.3 is 15.1 Å². The Labute approximate surface area is 152 Å². The number of anilines is 1. The van der Waals surface area contributed by atoms with Crippen molar-refractivity contribution in [1.29, 1.82) is 0 Å². The van der Waals surface area contributed by atoms with E-state index in [-0.39, 0.29) is 11.8 Å². The van der Waals surface area contributed by atoms with Crippen molar-refractivity contribution in [2.45, 2.75) is 26.0 Å². The second-order valence-electron chi connectivity index (χ2n) is 6.27. The Morgan fingerprint density at radius 3 is 2.50 bits per heavy atom. The monoisotopic (exact) mass is 351 g/mol. The molecule has 26 heavy (non-hydrogen) atoms. The number of benzene rings is 2. The molecule has 0 aliphatic carbocycles. The zero-order chi connectivity index (χ0) is 18.5. The molecule has 0 bridgehead atoms. The summed E-state index contributed by atoms with van der Waals surface area (Å²) < 4.78 is 0. The normalized spacial score (nSPS) is 15.8. The van der Waals surface area contributed by atoms with Crippen LogP contribution >= 0.6 is 0 Å². The van der Waals surface area contributed by atoms with Crippen molar-refractivity contribution >= 4 is 23.2 Å². The molecule has 2 aromatic rings. The predicted octanol–water partition coefficient (Wildman–Crippen LogP) is 2.80. The van der Waals surface area contributed by atoms with Crippen LogP contribution in [-0.2, 0) is 21.0 Å². The molecule has 0 saturated carbocycles. The lowest BCUT2D eigenvalue weighted by Gasteiger charge is -2.19. The molecule has 134 valence electrons. The molecule has 0 saturated heterocycles. The first kappa shape index (κ1) is 17.7.